The highest BCUT2D eigenvalue weighted by atomic mass is 16.5. The van der Waals surface area contributed by atoms with Crippen molar-refractivity contribution in [3.05, 3.63) is 124 Å². The van der Waals surface area contributed by atoms with Crippen molar-refractivity contribution in [2.45, 2.75) is 20.8 Å². The number of nitrogens with one attached hydrogen (secondary N) is 1. The van der Waals surface area contributed by atoms with E-state index in [4.69, 9.17) is 14.5 Å². The Morgan fingerprint density at radius 1 is 0.722 bits per heavy atom. The molecule has 36 heavy (non-hydrogen) atoms. The summed E-state index contributed by atoms with van der Waals surface area (Å²) in [4.78, 5) is 8.76. The second-order valence-corrected chi connectivity index (χ2v) is 9.05. The summed E-state index contributed by atoms with van der Waals surface area (Å²) in [5.74, 6) is 1.64. The Balaban J connectivity index is 1.71. The van der Waals surface area contributed by atoms with E-state index in [0.29, 0.717) is 0 Å². The molecule has 4 aromatic rings. The molecule has 0 atom stereocenters. The normalized spacial score (nSPS) is 14.1. The number of nitrogens with zero attached hydrogens (tertiary/aromatic N) is 1. The zero-order valence-electron chi connectivity index (χ0n) is 21.3. The second-order valence-electron chi connectivity index (χ2n) is 9.05. The monoisotopic (exact) mass is 474 g/mol. The molecule has 0 bridgehead atoms. The van der Waals surface area contributed by atoms with Crippen LogP contribution in [0.3, 0.4) is 0 Å². The Hall–Kier alpha value is -4.31. The Labute approximate surface area is 212 Å². The topological polar surface area (TPSA) is 46.6 Å². The summed E-state index contributed by atoms with van der Waals surface area (Å²) in [6.07, 6.45) is 4.16. The summed E-state index contributed by atoms with van der Waals surface area (Å²) >= 11 is 0. The van der Waals surface area contributed by atoms with Gasteiger partial charge in [-0.3, -0.25) is 0 Å². The van der Waals surface area contributed by atoms with E-state index in [1.807, 2.05) is 42.5 Å². The van der Waals surface area contributed by atoms with Crippen LogP contribution in [0.5, 0.6) is 11.5 Å². The molecule has 0 fully saturated rings. The smallest absolute Gasteiger partial charge is 0.128 e. The van der Waals surface area contributed by atoms with E-state index in [-0.39, 0.29) is 0 Å². The van der Waals surface area contributed by atoms with Crippen LogP contribution in [-0.2, 0) is 0 Å². The number of aliphatic imine (C=N–C) groups is 1. The number of hydrogen-bond acceptors (Lipinski definition) is 3. The minimum Gasteiger partial charge on any atom is -0.496 e. The second kappa shape index (κ2) is 9.74. The standard InChI is InChI=1S/C32H30N2O2/c1-20-18-21(2)31(22(3)19-20)32(27-16-14-25(33-27)23-10-6-8-12-29(23)35-4)28-17-15-26(34-28)24-11-7-9-13-30(24)36-5/h6-19,33H,1-5H3/b32-28+. The third-order valence-corrected chi connectivity index (χ3v) is 6.56. The maximum absolute atomic E-state index is 5.61. The Morgan fingerprint density at radius 3 is 2.00 bits per heavy atom. The third kappa shape index (κ3) is 4.27. The van der Waals surface area contributed by atoms with Gasteiger partial charge < -0.3 is 14.5 Å². The lowest BCUT2D eigenvalue weighted by Crippen LogP contribution is -2.00. The van der Waals surface area contributed by atoms with Gasteiger partial charge in [0.25, 0.3) is 0 Å². The van der Waals surface area contributed by atoms with Crippen molar-refractivity contribution in [2.75, 3.05) is 14.2 Å². The Bertz CT molecular complexity index is 1510. The molecule has 0 unspecified atom stereocenters. The number of rotatable bonds is 6. The van der Waals surface area contributed by atoms with Gasteiger partial charge >= 0.3 is 0 Å². The van der Waals surface area contributed by atoms with Crippen molar-refractivity contribution >= 4 is 11.3 Å². The van der Waals surface area contributed by atoms with Crippen LogP contribution in [0.15, 0.2) is 95.6 Å². The Morgan fingerprint density at radius 2 is 1.33 bits per heavy atom. The zero-order valence-corrected chi connectivity index (χ0v) is 21.3. The lowest BCUT2D eigenvalue weighted by molar-refractivity contribution is 0.414. The van der Waals surface area contributed by atoms with Crippen LogP contribution < -0.4 is 9.47 Å². The largest absolute Gasteiger partial charge is 0.496 e. The molecular formula is C32H30N2O2. The third-order valence-electron chi connectivity index (χ3n) is 6.56. The number of H-pyrrole nitrogens is 1. The molecule has 0 radical (unpaired) electrons. The molecule has 3 aromatic carbocycles. The van der Waals surface area contributed by atoms with Gasteiger partial charge in [-0.05, 0) is 86.0 Å². The predicted molar refractivity (Wildman–Crippen MR) is 148 cm³/mol. The number of aromatic amines is 1. The van der Waals surface area contributed by atoms with E-state index in [1.165, 1.54) is 22.3 Å². The number of aromatic nitrogens is 1. The van der Waals surface area contributed by atoms with Gasteiger partial charge in [-0.15, -0.1) is 0 Å². The molecule has 1 aliphatic rings. The van der Waals surface area contributed by atoms with Gasteiger partial charge in [0.05, 0.1) is 25.6 Å². The molecule has 4 nitrogen and oxygen atoms in total. The van der Waals surface area contributed by atoms with Crippen molar-refractivity contribution < 1.29 is 9.47 Å². The van der Waals surface area contributed by atoms with Gasteiger partial charge in [-0.2, -0.15) is 0 Å². The van der Waals surface area contributed by atoms with E-state index in [2.05, 4.69) is 68.2 Å². The molecule has 1 aliphatic heterocycles. The van der Waals surface area contributed by atoms with Crippen molar-refractivity contribution in [2.24, 2.45) is 4.99 Å². The molecule has 0 saturated heterocycles. The fourth-order valence-electron chi connectivity index (χ4n) is 5.05. The predicted octanol–water partition coefficient (Wildman–Crippen LogP) is 7.44. The molecule has 1 aromatic heterocycles. The summed E-state index contributed by atoms with van der Waals surface area (Å²) in [6, 6.07) is 24.7. The molecule has 0 spiro atoms. The lowest BCUT2D eigenvalue weighted by Gasteiger charge is -2.16. The van der Waals surface area contributed by atoms with Gasteiger partial charge in [0.2, 0.25) is 0 Å². The minimum atomic E-state index is 0.810. The molecule has 0 aliphatic carbocycles. The number of allylic oxidation sites excluding steroid dienone is 2. The average Bonchev–Trinajstić information content (AvgIpc) is 3.56. The highest BCUT2D eigenvalue weighted by Gasteiger charge is 2.21. The number of benzene rings is 3. The van der Waals surface area contributed by atoms with Gasteiger partial charge in [-0.1, -0.05) is 42.0 Å². The summed E-state index contributed by atoms with van der Waals surface area (Å²) in [6.45, 7) is 6.48. The lowest BCUT2D eigenvalue weighted by atomic mass is 9.91. The Kier molecular flexibility index (Phi) is 6.34. The zero-order chi connectivity index (χ0) is 25.2. The van der Waals surface area contributed by atoms with E-state index in [0.717, 1.165) is 51.0 Å². The van der Waals surface area contributed by atoms with Crippen LogP contribution in [0.1, 0.15) is 33.5 Å². The number of para-hydroxylation sites is 2. The molecule has 1 N–H and O–H groups in total. The van der Waals surface area contributed by atoms with Crippen molar-refractivity contribution in [3.63, 3.8) is 0 Å². The number of ether oxygens (including phenoxy) is 2. The summed E-state index contributed by atoms with van der Waals surface area (Å²) in [7, 11) is 3.39. The average molecular weight is 475 g/mol. The highest BCUT2D eigenvalue weighted by Crippen LogP contribution is 2.37. The molecule has 0 amide bonds. The van der Waals surface area contributed by atoms with Crippen molar-refractivity contribution in [1.82, 2.24) is 4.98 Å². The first-order valence-corrected chi connectivity index (χ1v) is 12.1. The van der Waals surface area contributed by atoms with Crippen LogP contribution >= 0.6 is 0 Å². The highest BCUT2D eigenvalue weighted by molar-refractivity contribution is 6.13. The quantitative estimate of drug-likeness (QED) is 0.316. The van der Waals surface area contributed by atoms with Crippen LogP contribution in [0, 0.1) is 20.8 Å². The summed E-state index contributed by atoms with van der Waals surface area (Å²) < 4.78 is 11.2. The van der Waals surface area contributed by atoms with Gasteiger partial charge in [0.15, 0.2) is 0 Å². The van der Waals surface area contributed by atoms with Crippen LogP contribution in [-0.4, -0.2) is 24.9 Å². The van der Waals surface area contributed by atoms with Crippen LogP contribution in [0.25, 0.3) is 16.8 Å². The van der Waals surface area contributed by atoms with E-state index >= 15 is 0 Å². The summed E-state index contributed by atoms with van der Waals surface area (Å²) in [5, 5.41) is 0. The molecule has 0 saturated carbocycles. The van der Waals surface area contributed by atoms with Crippen LogP contribution in [0.2, 0.25) is 0 Å². The van der Waals surface area contributed by atoms with E-state index in [9.17, 15) is 0 Å². The molecule has 4 heteroatoms. The number of hydrogen-bond donors (Lipinski definition) is 1. The minimum absolute atomic E-state index is 0.810. The van der Waals surface area contributed by atoms with E-state index in [1.54, 1.807) is 14.2 Å². The van der Waals surface area contributed by atoms with Crippen LogP contribution in [0.4, 0.5) is 0 Å². The summed E-state index contributed by atoms with van der Waals surface area (Å²) in [5.41, 5.74) is 11.8. The van der Waals surface area contributed by atoms with Gasteiger partial charge in [0, 0.05) is 28.1 Å². The van der Waals surface area contributed by atoms with E-state index < -0.39 is 0 Å². The van der Waals surface area contributed by atoms with Gasteiger partial charge in [-0.25, -0.2) is 4.99 Å². The van der Waals surface area contributed by atoms with Crippen molar-refractivity contribution in [1.29, 1.82) is 0 Å². The molecular weight excluding hydrogens is 444 g/mol. The van der Waals surface area contributed by atoms with Crippen molar-refractivity contribution in [3.8, 4) is 22.8 Å². The number of aryl methyl sites for hydroxylation is 3. The maximum atomic E-state index is 5.61. The SMILES string of the molecule is COc1ccccc1C1=N/C(=C(\c2ccc(-c3ccccc3OC)[nH]2)c2c(C)cc(C)cc2C)C=C1. The fourth-order valence-corrected chi connectivity index (χ4v) is 5.05. The molecule has 5 rings (SSSR count). The first-order chi connectivity index (χ1) is 17.5. The fraction of sp³-hybridized carbons (Fsp3) is 0.156. The number of methoxy groups -OCH3 is 2. The first-order valence-electron chi connectivity index (χ1n) is 12.1. The first kappa shape index (κ1) is 23.4. The molecule has 2 heterocycles. The maximum Gasteiger partial charge on any atom is 0.128 e. The molecule has 180 valence electrons. The van der Waals surface area contributed by atoms with Gasteiger partial charge in [0.1, 0.15) is 11.5 Å².